The van der Waals surface area contributed by atoms with Crippen LogP contribution in [-0.2, 0) is 4.74 Å². The molecule has 1 aromatic rings. The highest BCUT2D eigenvalue weighted by molar-refractivity contribution is 5.29. The number of halogens is 1. The van der Waals surface area contributed by atoms with Gasteiger partial charge < -0.3 is 10.1 Å². The van der Waals surface area contributed by atoms with Crippen molar-refractivity contribution in [1.29, 1.82) is 0 Å². The highest BCUT2D eigenvalue weighted by Gasteiger charge is 2.45. The van der Waals surface area contributed by atoms with Crippen LogP contribution >= 0.6 is 0 Å². The zero-order valence-electron chi connectivity index (χ0n) is 13.9. The second kappa shape index (κ2) is 6.05. The molecule has 0 radical (unpaired) electrons. The predicted molar refractivity (Wildman–Crippen MR) is 84.9 cm³/mol. The van der Waals surface area contributed by atoms with Gasteiger partial charge in [0.1, 0.15) is 5.82 Å². The second-order valence-corrected chi connectivity index (χ2v) is 7.18. The summed E-state index contributed by atoms with van der Waals surface area (Å²) in [5, 5.41) is 3.31. The number of likely N-dealkylation sites (N-methyl/N-ethyl adjacent to an activating group) is 1. The van der Waals surface area contributed by atoms with Gasteiger partial charge in [0.2, 0.25) is 0 Å². The molecular weight excluding hydrogens is 265 g/mol. The molecule has 118 valence electrons. The molecule has 3 heteroatoms. The molecule has 2 rings (SSSR count). The fourth-order valence-corrected chi connectivity index (χ4v) is 3.55. The van der Waals surface area contributed by atoms with Crippen molar-refractivity contribution in [1.82, 2.24) is 5.32 Å². The van der Waals surface area contributed by atoms with Crippen molar-refractivity contribution in [2.45, 2.75) is 58.1 Å². The summed E-state index contributed by atoms with van der Waals surface area (Å²) in [5.74, 6) is -0.152. The van der Waals surface area contributed by atoms with Gasteiger partial charge in [0.25, 0.3) is 0 Å². The van der Waals surface area contributed by atoms with Gasteiger partial charge in [-0.05, 0) is 51.1 Å². The van der Waals surface area contributed by atoms with E-state index in [4.69, 9.17) is 4.74 Å². The normalized spacial score (nSPS) is 22.0. The summed E-state index contributed by atoms with van der Waals surface area (Å²) in [6.45, 7) is 6.60. The van der Waals surface area contributed by atoms with Gasteiger partial charge in [-0.1, -0.05) is 31.5 Å². The largest absolute Gasteiger partial charge is 0.376 e. The standard InChI is InChI=1S/C18H28FNO/c1-13-6-7-15(19)14(12-13)16(20-4)18(21-5)10-8-17(2,3)9-11-18/h6-7,12,16,20H,8-11H2,1-5H3. The molecule has 1 aliphatic carbocycles. The molecule has 1 aromatic carbocycles. The molecule has 21 heavy (non-hydrogen) atoms. The molecule has 0 saturated heterocycles. The van der Waals surface area contributed by atoms with E-state index in [1.165, 1.54) is 0 Å². The Labute approximate surface area is 128 Å². The van der Waals surface area contributed by atoms with Gasteiger partial charge in [-0.25, -0.2) is 4.39 Å². The van der Waals surface area contributed by atoms with E-state index in [1.54, 1.807) is 13.2 Å². The first-order chi connectivity index (χ1) is 9.83. The molecule has 1 N–H and O–H groups in total. The molecular formula is C18H28FNO. The summed E-state index contributed by atoms with van der Waals surface area (Å²) in [4.78, 5) is 0. The van der Waals surface area contributed by atoms with E-state index in [0.29, 0.717) is 5.41 Å². The van der Waals surface area contributed by atoms with Crippen LogP contribution in [0.5, 0.6) is 0 Å². The molecule has 1 fully saturated rings. The van der Waals surface area contributed by atoms with E-state index >= 15 is 0 Å². The molecule has 1 saturated carbocycles. The van der Waals surface area contributed by atoms with Crippen LogP contribution in [0.3, 0.4) is 0 Å². The Kier molecular flexibility index (Phi) is 4.74. The maximum absolute atomic E-state index is 14.3. The molecule has 0 spiro atoms. The van der Waals surface area contributed by atoms with Gasteiger partial charge in [-0.15, -0.1) is 0 Å². The minimum Gasteiger partial charge on any atom is -0.376 e. The number of rotatable bonds is 4. The summed E-state index contributed by atoms with van der Waals surface area (Å²) in [6, 6.07) is 5.20. The van der Waals surface area contributed by atoms with E-state index in [2.05, 4.69) is 19.2 Å². The Morgan fingerprint density at radius 1 is 1.19 bits per heavy atom. The molecule has 1 atom stereocenters. The van der Waals surface area contributed by atoms with E-state index < -0.39 is 0 Å². The Hall–Kier alpha value is -0.930. The predicted octanol–water partition coefficient (Wildman–Crippen LogP) is 4.38. The van der Waals surface area contributed by atoms with E-state index in [0.717, 1.165) is 36.8 Å². The van der Waals surface area contributed by atoms with Crippen molar-refractivity contribution < 1.29 is 9.13 Å². The van der Waals surface area contributed by atoms with E-state index in [9.17, 15) is 4.39 Å². The van der Waals surface area contributed by atoms with Gasteiger partial charge in [0.15, 0.2) is 0 Å². The van der Waals surface area contributed by atoms with Crippen molar-refractivity contribution in [2.75, 3.05) is 14.2 Å². The first kappa shape index (κ1) is 16.4. The Morgan fingerprint density at radius 2 is 1.81 bits per heavy atom. The van der Waals surface area contributed by atoms with E-state index in [-0.39, 0.29) is 17.5 Å². The summed E-state index contributed by atoms with van der Waals surface area (Å²) in [7, 11) is 3.66. The highest BCUT2D eigenvalue weighted by atomic mass is 19.1. The molecule has 1 aliphatic rings. The average Bonchev–Trinajstić information content (AvgIpc) is 2.45. The summed E-state index contributed by atoms with van der Waals surface area (Å²) in [5.41, 5.74) is 1.83. The first-order valence-electron chi connectivity index (χ1n) is 7.82. The van der Waals surface area contributed by atoms with Crippen LogP contribution < -0.4 is 5.32 Å². The van der Waals surface area contributed by atoms with Crippen LogP contribution in [0.4, 0.5) is 4.39 Å². The lowest BCUT2D eigenvalue weighted by Gasteiger charge is -2.47. The van der Waals surface area contributed by atoms with E-state index in [1.807, 2.05) is 26.1 Å². The maximum atomic E-state index is 14.3. The first-order valence-corrected chi connectivity index (χ1v) is 7.82. The third-order valence-electron chi connectivity index (χ3n) is 5.13. The lowest BCUT2D eigenvalue weighted by molar-refractivity contribution is -0.0868. The molecule has 0 aromatic heterocycles. The number of benzene rings is 1. The van der Waals surface area contributed by atoms with Crippen molar-refractivity contribution in [3.8, 4) is 0 Å². The average molecular weight is 293 g/mol. The summed E-state index contributed by atoms with van der Waals surface area (Å²) >= 11 is 0. The number of ether oxygens (including phenoxy) is 1. The summed E-state index contributed by atoms with van der Waals surface area (Å²) in [6.07, 6.45) is 4.11. The third kappa shape index (κ3) is 3.29. The van der Waals surface area contributed by atoms with Crippen LogP contribution in [0.25, 0.3) is 0 Å². The molecule has 1 unspecified atom stereocenters. The molecule has 2 nitrogen and oxygen atoms in total. The number of nitrogens with one attached hydrogen (secondary N) is 1. The van der Waals surface area contributed by atoms with Gasteiger partial charge >= 0.3 is 0 Å². The Bertz CT molecular complexity index is 488. The zero-order valence-corrected chi connectivity index (χ0v) is 13.9. The fraction of sp³-hybridized carbons (Fsp3) is 0.667. The quantitative estimate of drug-likeness (QED) is 0.889. The van der Waals surface area contributed by atoms with Crippen molar-refractivity contribution >= 4 is 0 Å². The molecule has 0 heterocycles. The van der Waals surface area contributed by atoms with Crippen molar-refractivity contribution in [3.05, 3.63) is 35.1 Å². The van der Waals surface area contributed by atoms with Crippen LogP contribution in [-0.4, -0.2) is 19.8 Å². The minimum absolute atomic E-state index is 0.113. The Balaban J connectivity index is 2.36. The molecule has 0 amide bonds. The van der Waals surface area contributed by atoms with Crippen LogP contribution in [0.2, 0.25) is 0 Å². The summed E-state index contributed by atoms with van der Waals surface area (Å²) < 4.78 is 20.3. The number of aryl methyl sites for hydroxylation is 1. The fourth-order valence-electron chi connectivity index (χ4n) is 3.55. The SMILES string of the molecule is CNC(c1cc(C)ccc1F)C1(OC)CCC(C)(C)CC1. The zero-order chi connectivity index (χ0) is 15.7. The van der Waals surface area contributed by atoms with Crippen LogP contribution in [0, 0.1) is 18.2 Å². The van der Waals surface area contributed by atoms with Gasteiger partial charge in [0, 0.05) is 12.7 Å². The highest BCUT2D eigenvalue weighted by Crippen LogP contribution is 2.47. The lowest BCUT2D eigenvalue weighted by Crippen LogP contribution is -2.48. The smallest absolute Gasteiger partial charge is 0.128 e. The number of methoxy groups -OCH3 is 1. The molecule has 0 bridgehead atoms. The van der Waals surface area contributed by atoms with Gasteiger partial charge in [-0.3, -0.25) is 0 Å². The third-order valence-corrected chi connectivity index (χ3v) is 5.13. The molecule has 0 aliphatic heterocycles. The van der Waals surface area contributed by atoms with Gasteiger partial charge in [-0.2, -0.15) is 0 Å². The Morgan fingerprint density at radius 3 is 2.33 bits per heavy atom. The van der Waals surface area contributed by atoms with Gasteiger partial charge in [0.05, 0.1) is 11.6 Å². The lowest BCUT2D eigenvalue weighted by atomic mass is 9.67. The van der Waals surface area contributed by atoms with Crippen LogP contribution in [0.1, 0.15) is 56.7 Å². The minimum atomic E-state index is -0.321. The number of hydrogen-bond acceptors (Lipinski definition) is 2. The number of hydrogen-bond donors (Lipinski definition) is 1. The second-order valence-electron chi connectivity index (χ2n) is 7.18. The topological polar surface area (TPSA) is 21.3 Å². The van der Waals surface area contributed by atoms with Crippen molar-refractivity contribution in [3.63, 3.8) is 0 Å². The van der Waals surface area contributed by atoms with Crippen LogP contribution in [0.15, 0.2) is 18.2 Å². The maximum Gasteiger partial charge on any atom is 0.128 e. The monoisotopic (exact) mass is 293 g/mol. The van der Waals surface area contributed by atoms with Crippen molar-refractivity contribution in [2.24, 2.45) is 5.41 Å².